The number of ether oxygens (including phenoxy) is 3. The van der Waals surface area contributed by atoms with Gasteiger partial charge in [-0.15, -0.1) is 5.10 Å². The van der Waals surface area contributed by atoms with Gasteiger partial charge in [-0.05, 0) is 35.9 Å². The molecule has 0 saturated heterocycles. The number of esters is 1. The lowest BCUT2D eigenvalue weighted by Crippen LogP contribution is -2.23. The van der Waals surface area contributed by atoms with Crippen LogP contribution in [-0.4, -0.2) is 34.3 Å². The largest absolute Gasteiger partial charge is 0.493 e. The van der Waals surface area contributed by atoms with Crippen LogP contribution in [0.4, 0.5) is 0 Å². The van der Waals surface area contributed by atoms with E-state index < -0.39 is 5.97 Å². The third-order valence-corrected chi connectivity index (χ3v) is 5.36. The second-order valence-corrected chi connectivity index (χ2v) is 7.65. The Morgan fingerprint density at radius 3 is 2.72 bits per heavy atom. The highest BCUT2D eigenvalue weighted by Gasteiger charge is 2.16. The fourth-order valence-electron chi connectivity index (χ4n) is 3.04. The van der Waals surface area contributed by atoms with E-state index in [1.54, 1.807) is 55.7 Å². The van der Waals surface area contributed by atoms with Gasteiger partial charge in [0.05, 0.1) is 17.2 Å². The molecule has 0 saturated carbocycles. The average Bonchev–Trinajstić information content (AvgIpc) is 3.32. The van der Waals surface area contributed by atoms with Gasteiger partial charge in [0, 0.05) is 6.92 Å². The molecule has 162 valence electrons. The van der Waals surface area contributed by atoms with Crippen molar-refractivity contribution in [2.45, 2.75) is 6.92 Å². The molecule has 0 aliphatic carbocycles. The van der Waals surface area contributed by atoms with Crippen LogP contribution < -0.4 is 24.3 Å². The Kier molecular flexibility index (Phi) is 6.00. The number of fused-ring (bicyclic) bond motifs is 1. The predicted molar refractivity (Wildman–Crippen MR) is 121 cm³/mol. The Morgan fingerprint density at radius 2 is 2.00 bits per heavy atom. The summed E-state index contributed by atoms with van der Waals surface area (Å²) in [5.74, 6) is 1.34. The Balaban J connectivity index is 1.72. The Labute approximate surface area is 187 Å². The van der Waals surface area contributed by atoms with E-state index >= 15 is 0 Å². The second-order valence-electron chi connectivity index (χ2n) is 6.65. The molecule has 2 aromatic heterocycles. The highest BCUT2D eigenvalue weighted by molar-refractivity contribution is 7.15. The first-order valence-electron chi connectivity index (χ1n) is 9.61. The predicted octanol–water partition coefficient (Wildman–Crippen LogP) is 2.86. The topological polar surface area (TPSA) is 92.0 Å². The van der Waals surface area contributed by atoms with E-state index in [2.05, 4.69) is 16.7 Å². The maximum Gasteiger partial charge on any atom is 0.308 e. The van der Waals surface area contributed by atoms with Gasteiger partial charge < -0.3 is 14.2 Å². The number of methoxy groups -OCH3 is 1. The first-order valence-corrected chi connectivity index (χ1v) is 10.4. The molecule has 0 atom stereocenters. The highest BCUT2D eigenvalue weighted by atomic mass is 32.1. The van der Waals surface area contributed by atoms with Gasteiger partial charge in [0.2, 0.25) is 4.96 Å². The van der Waals surface area contributed by atoms with Crippen molar-refractivity contribution in [3.05, 3.63) is 75.6 Å². The molecule has 0 aliphatic rings. The molecular formula is C23H19N3O5S. The lowest BCUT2D eigenvalue weighted by Gasteiger charge is -2.09. The van der Waals surface area contributed by atoms with Gasteiger partial charge in [0.25, 0.3) is 5.56 Å². The number of carbonyl (C=O) groups excluding carboxylic acids is 1. The van der Waals surface area contributed by atoms with Gasteiger partial charge in [-0.2, -0.15) is 9.50 Å². The Morgan fingerprint density at radius 1 is 1.19 bits per heavy atom. The standard InChI is InChI=1S/C23H19N3O5S/c1-4-11-30-18-10-9-15(12-19(18)29-3)13-20-22(28)26-23(32-20)24-21(25-26)16-7-5-6-8-17(16)31-14(2)27/h4-10,12-13H,1,11H2,2-3H3. The number of para-hydroxylation sites is 1. The smallest absolute Gasteiger partial charge is 0.308 e. The Bertz CT molecular complexity index is 1420. The van der Waals surface area contributed by atoms with Crippen LogP contribution in [0.5, 0.6) is 17.2 Å². The number of carbonyl (C=O) groups is 1. The molecule has 0 fully saturated rings. The molecule has 0 amide bonds. The molecule has 0 spiro atoms. The quantitative estimate of drug-likeness (QED) is 0.243. The minimum absolute atomic E-state index is 0.292. The van der Waals surface area contributed by atoms with Gasteiger partial charge in [0.1, 0.15) is 12.4 Å². The molecule has 0 N–H and O–H groups in total. The number of nitrogens with zero attached hydrogens (tertiary/aromatic N) is 3. The summed E-state index contributed by atoms with van der Waals surface area (Å²) in [5, 5.41) is 4.33. The number of thiazole rings is 1. The molecule has 4 rings (SSSR count). The van der Waals surface area contributed by atoms with E-state index in [0.29, 0.717) is 44.7 Å². The number of hydrogen-bond donors (Lipinski definition) is 0. The summed E-state index contributed by atoms with van der Waals surface area (Å²) in [4.78, 5) is 29.2. The van der Waals surface area contributed by atoms with Gasteiger partial charge in [-0.3, -0.25) is 9.59 Å². The fraction of sp³-hybridized carbons (Fsp3) is 0.130. The van der Waals surface area contributed by atoms with Crippen LogP contribution >= 0.6 is 11.3 Å². The summed E-state index contributed by atoms with van der Waals surface area (Å²) >= 11 is 1.21. The third-order valence-electron chi connectivity index (χ3n) is 4.41. The van der Waals surface area contributed by atoms with Gasteiger partial charge in [-0.1, -0.05) is 42.2 Å². The molecule has 0 unspecified atom stereocenters. The molecule has 32 heavy (non-hydrogen) atoms. The third kappa shape index (κ3) is 4.23. The molecule has 8 nitrogen and oxygen atoms in total. The number of rotatable bonds is 7. The zero-order valence-corrected chi connectivity index (χ0v) is 18.2. The molecule has 2 aromatic carbocycles. The number of benzene rings is 2. The van der Waals surface area contributed by atoms with Crippen molar-refractivity contribution in [1.29, 1.82) is 0 Å². The average molecular weight is 449 g/mol. The van der Waals surface area contributed by atoms with Crippen molar-refractivity contribution in [2.75, 3.05) is 13.7 Å². The van der Waals surface area contributed by atoms with E-state index in [1.165, 1.54) is 22.8 Å². The first kappa shape index (κ1) is 21.3. The van der Waals surface area contributed by atoms with E-state index in [9.17, 15) is 9.59 Å². The maximum atomic E-state index is 12.9. The zero-order chi connectivity index (χ0) is 22.7. The van der Waals surface area contributed by atoms with Crippen LogP contribution in [0.2, 0.25) is 0 Å². The monoisotopic (exact) mass is 449 g/mol. The number of aromatic nitrogens is 3. The zero-order valence-electron chi connectivity index (χ0n) is 17.4. The molecule has 0 aliphatic heterocycles. The van der Waals surface area contributed by atoms with Gasteiger partial charge >= 0.3 is 5.97 Å². The van der Waals surface area contributed by atoms with Crippen LogP contribution in [0.15, 0.2) is 59.9 Å². The Hall–Kier alpha value is -3.98. The normalized spacial score (nSPS) is 11.5. The van der Waals surface area contributed by atoms with Crippen LogP contribution in [-0.2, 0) is 4.79 Å². The summed E-state index contributed by atoms with van der Waals surface area (Å²) in [7, 11) is 1.55. The van der Waals surface area contributed by atoms with Crippen LogP contribution in [0, 0.1) is 0 Å². The maximum absolute atomic E-state index is 12.9. The summed E-state index contributed by atoms with van der Waals surface area (Å²) in [6.07, 6.45) is 3.39. The summed E-state index contributed by atoms with van der Waals surface area (Å²) < 4.78 is 17.9. The molecular weight excluding hydrogens is 430 g/mol. The minimum atomic E-state index is -0.448. The SMILES string of the molecule is C=CCOc1ccc(C=c2sc3nc(-c4ccccc4OC(C)=O)nn3c2=O)cc1OC. The highest BCUT2D eigenvalue weighted by Crippen LogP contribution is 2.29. The van der Waals surface area contributed by atoms with E-state index in [-0.39, 0.29) is 5.56 Å². The van der Waals surface area contributed by atoms with E-state index in [1.807, 2.05) is 6.07 Å². The van der Waals surface area contributed by atoms with Gasteiger partial charge in [0.15, 0.2) is 17.3 Å². The summed E-state index contributed by atoms with van der Waals surface area (Å²) in [6, 6.07) is 12.3. The summed E-state index contributed by atoms with van der Waals surface area (Å²) in [6.45, 7) is 5.31. The van der Waals surface area contributed by atoms with Crippen molar-refractivity contribution < 1.29 is 19.0 Å². The molecule has 9 heteroatoms. The van der Waals surface area contributed by atoms with Crippen molar-refractivity contribution in [1.82, 2.24) is 14.6 Å². The van der Waals surface area contributed by atoms with Crippen molar-refractivity contribution in [3.8, 4) is 28.6 Å². The van der Waals surface area contributed by atoms with E-state index in [4.69, 9.17) is 14.2 Å². The molecule has 2 heterocycles. The lowest BCUT2D eigenvalue weighted by molar-refractivity contribution is -0.131. The van der Waals surface area contributed by atoms with Crippen LogP contribution in [0.25, 0.3) is 22.4 Å². The van der Waals surface area contributed by atoms with Gasteiger partial charge in [-0.25, -0.2) is 0 Å². The van der Waals surface area contributed by atoms with Crippen molar-refractivity contribution in [3.63, 3.8) is 0 Å². The van der Waals surface area contributed by atoms with Crippen LogP contribution in [0.1, 0.15) is 12.5 Å². The second kappa shape index (κ2) is 9.03. The number of hydrogen-bond acceptors (Lipinski definition) is 8. The van der Waals surface area contributed by atoms with E-state index in [0.717, 1.165) is 5.56 Å². The van der Waals surface area contributed by atoms with Crippen LogP contribution in [0.3, 0.4) is 0 Å². The minimum Gasteiger partial charge on any atom is -0.493 e. The van der Waals surface area contributed by atoms with Crippen molar-refractivity contribution >= 4 is 28.3 Å². The fourth-order valence-corrected chi connectivity index (χ4v) is 3.94. The molecule has 0 bridgehead atoms. The summed E-state index contributed by atoms with van der Waals surface area (Å²) in [5.41, 5.74) is 1.01. The molecule has 4 aromatic rings. The first-order chi connectivity index (χ1) is 15.5. The lowest BCUT2D eigenvalue weighted by atomic mass is 10.2. The molecule has 0 radical (unpaired) electrons. The van der Waals surface area contributed by atoms with Crippen molar-refractivity contribution in [2.24, 2.45) is 0 Å².